The Hall–Kier alpha value is -2.22. The zero-order valence-electron chi connectivity index (χ0n) is 15.9. The fourth-order valence-electron chi connectivity index (χ4n) is 3.60. The number of nitrogens with zero attached hydrogens (tertiary/aromatic N) is 4. The van der Waals surface area contributed by atoms with Crippen molar-refractivity contribution in [3.05, 3.63) is 62.6 Å². The van der Waals surface area contributed by atoms with Crippen LogP contribution in [0.2, 0.25) is 4.34 Å². The Morgan fingerprint density at radius 3 is 3.00 bits per heavy atom. The first-order chi connectivity index (χ1) is 13.5. The maximum absolute atomic E-state index is 12.1. The van der Waals surface area contributed by atoms with Crippen molar-refractivity contribution in [1.82, 2.24) is 25.2 Å². The molecule has 0 radical (unpaired) electrons. The number of thiophene rings is 1. The summed E-state index contributed by atoms with van der Waals surface area (Å²) in [5.74, 6) is 0.360. The zero-order chi connectivity index (χ0) is 19.7. The molecule has 146 valence electrons. The number of benzene rings is 1. The molecule has 1 unspecified atom stereocenters. The number of hydrogen-bond acceptors (Lipinski definition) is 5. The number of rotatable bonds is 4. The Bertz CT molecular complexity index is 998. The van der Waals surface area contributed by atoms with Gasteiger partial charge in [-0.1, -0.05) is 29.8 Å². The molecule has 1 aliphatic rings. The third-order valence-corrected chi connectivity index (χ3v) is 6.27. The molecule has 1 N–H and O–H groups in total. The molecular weight excluding hydrogens is 394 g/mol. The summed E-state index contributed by atoms with van der Waals surface area (Å²) in [5, 5.41) is 11.3. The summed E-state index contributed by atoms with van der Waals surface area (Å²) in [6.45, 7) is 4.73. The lowest BCUT2D eigenvalue weighted by atomic mass is 9.95. The number of nitrogens with one attached hydrogen (secondary N) is 1. The third-order valence-electron chi connectivity index (χ3n) is 5.04. The van der Waals surface area contributed by atoms with Crippen LogP contribution in [0.4, 0.5) is 0 Å². The van der Waals surface area contributed by atoms with Crippen LogP contribution < -0.4 is 5.32 Å². The van der Waals surface area contributed by atoms with Gasteiger partial charge in [0.1, 0.15) is 5.69 Å². The summed E-state index contributed by atoms with van der Waals surface area (Å²) in [5.41, 5.74) is 4.48. The fraction of sp³-hybridized carbons (Fsp3) is 0.350. The summed E-state index contributed by atoms with van der Waals surface area (Å²) >= 11 is 7.14. The first kappa shape index (κ1) is 19.1. The van der Waals surface area contributed by atoms with Crippen LogP contribution in [0, 0.1) is 0 Å². The SMILES string of the molecule is CC1CN(C)CCc2cc(-n3cc(CNC(=O)c4ccc(Cl)s4)nn3)ccc21. The molecule has 8 heteroatoms. The van der Waals surface area contributed by atoms with E-state index in [2.05, 4.69) is 52.7 Å². The van der Waals surface area contributed by atoms with Crippen LogP contribution in [0.15, 0.2) is 36.5 Å². The molecule has 6 nitrogen and oxygen atoms in total. The quantitative estimate of drug-likeness (QED) is 0.708. The van der Waals surface area contributed by atoms with E-state index in [4.69, 9.17) is 11.6 Å². The molecule has 1 atom stereocenters. The summed E-state index contributed by atoms with van der Waals surface area (Å²) in [4.78, 5) is 15.1. The lowest BCUT2D eigenvalue weighted by Crippen LogP contribution is -2.22. The number of amides is 1. The largest absolute Gasteiger partial charge is 0.346 e. The van der Waals surface area contributed by atoms with Crippen LogP contribution in [0.25, 0.3) is 5.69 Å². The topological polar surface area (TPSA) is 63.0 Å². The van der Waals surface area contributed by atoms with Gasteiger partial charge in [-0.3, -0.25) is 4.79 Å². The maximum Gasteiger partial charge on any atom is 0.261 e. The van der Waals surface area contributed by atoms with Gasteiger partial charge >= 0.3 is 0 Å². The average molecular weight is 416 g/mol. The second kappa shape index (κ2) is 8.03. The van der Waals surface area contributed by atoms with Gasteiger partial charge in [0.25, 0.3) is 5.91 Å². The number of likely N-dealkylation sites (N-methyl/N-ethyl adjacent to an activating group) is 1. The van der Waals surface area contributed by atoms with Crippen LogP contribution >= 0.6 is 22.9 Å². The number of hydrogen-bond donors (Lipinski definition) is 1. The van der Waals surface area contributed by atoms with E-state index in [1.165, 1.54) is 22.5 Å². The van der Waals surface area contributed by atoms with E-state index < -0.39 is 0 Å². The van der Waals surface area contributed by atoms with Gasteiger partial charge in [0.05, 0.1) is 27.6 Å². The molecule has 0 saturated carbocycles. The zero-order valence-corrected chi connectivity index (χ0v) is 17.4. The highest BCUT2D eigenvalue weighted by Crippen LogP contribution is 2.26. The van der Waals surface area contributed by atoms with Gasteiger partial charge in [-0.2, -0.15) is 0 Å². The molecule has 28 heavy (non-hydrogen) atoms. The smallest absolute Gasteiger partial charge is 0.261 e. The standard InChI is InChI=1S/C20H22ClN5OS/c1-13-11-25(2)8-7-14-9-16(3-4-17(13)14)26-12-15(23-24-26)10-22-20(27)18-5-6-19(21)28-18/h3-6,9,12-13H,7-8,10-11H2,1-2H3,(H,22,27). The minimum absolute atomic E-state index is 0.158. The molecule has 1 amide bonds. The number of carbonyl (C=O) groups is 1. The third kappa shape index (κ3) is 4.11. The molecule has 0 saturated heterocycles. The number of halogens is 1. The second-order valence-electron chi connectivity index (χ2n) is 7.24. The summed E-state index contributed by atoms with van der Waals surface area (Å²) in [6.07, 6.45) is 2.89. The molecule has 0 bridgehead atoms. The van der Waals surface area contributed by atoms with Gasteiger partial charge in [0.15, 0.2) is 0 Å². The van der Waals surface area contributed by atoms with Crippen molar-refractivity contribution in [2.45, 2.75) is 25.8 Å². The van der Waals surface area contributed by atoms with Gasteiger partial charge in [-0.05, 0) is 54.8 Å². The van der Waals surface area contributed by atoms with Crippen LogP contribution in [0.3, 0.4) is 0 Å². The second-order valence-corrected chi connectivity index (χ2v) is 8.95. The number of carbonyl (C=O) groups excluding carboxylic acids is 1. The van der Waals surface area contributed by atoms with E-state index in [0.717, 1.165) is 25.2 Å². The molecule has 0 spiro atoms. The Kier molecular flexibility index (Phi) is 5.48. The summed E-state index contributed by atoms with van der Waals surface area (Å²) in [7, 11) is 2.17. The normalized spacial score (nSPS) is 17.2. The van der Waals surface area contributed by atoms with Crippen LogP contribution in [0.5, 0.6) is 0 Å². The van der Waals surface area contributed by atoms with E-state index in [1.54, 1.807) is 16.8 Å². The average Bonchev–Trinajstić information content (AvgIpc) is 3.30. The highest BCUT2D eigenvalue weighted by Gasteiger charge is 2.18. The summed E-state index contributed by atoms with van der Waals surface area (Å²) in [6, 6.07) is 9.93. The van der Waals surface area contributed by atoms with Gasteiger partial charge in [0, 0.05) is 13.1 Å². The van der Waals surface area contributed by atoms with Gasteiger partial charge in [-0.25, -0.2) is 4.68 Å². The number of aromatic nitrogens is 3. The van der Waals surface area contributed by atoms with E-state index >= 15 is 0 Å². The van der Waals surface area contributed by atoms with Crippen LogP contribution in [-0.4, -0.2) is 45.9 Å². The Balaban J connectivity index is 1.46. The van der Waals surface area contributed by atoms with Crippen molar-refractivity contribution < 1.29 is 4.79 Å². The van der Waals surface area contributed by atoms with Gasteiger partial charge in [-0.15, -0.1) is 16.4 Å². The van der Waals surface area contributed by atoms with E-state index in [1.807, 2.05) is 6.20 Å². The Morgan fingerprint density at radius 1 is 1.36 bits per heavy atom. The predicted octanol–water partition coefficient (Wildman–Crippen LogP) is 3.50. The molecule has 1 aliphatic heterocycles. The van der Waals surface area contributed by atoms with Crippen LogP contribution in [-0.2, 0) is 13.0 Å². The number of fused-ring (bicyclic) bond motifs is 1. The molecule has 3 aromatic rings. The maximum atomic E-state index is 12.1. The Labute approximate surface area is 173 Å². The minimum atomic E-state index is -0.158. The van der Waals surface area contributed by atoms with E-state index in [-0.39, 0.29) is 5.91 Å². The monoisotopic (exact) mass is 415 g/mol. The lowest BCUT2D eigenvalue weighted by Gasteiger charge is -2.17. The van der Waals surface area contributed by atoms with Crippen molar-refractivity contribution >= 4 is 28.8 Å². The van der Waals surface area contributed by atoms with Crippen molar-refractivity contribution in [2.75, 3.05) is 20.1 Å². The van der Waals surface area contributed by atoms with Crippen molar-refractivity contribution in [2.24, 2.45) is 0 Å². The van der Waals surface area contributed by atoms with Crippen molar-refractivity contribution in [1.29, 1.82) is 0 Å². The Morgan fingerprint density at radius 2 is 2.21 bits per heavy atom. The summed E-state index contributed by atoms with van der Waals surface area (Å²) < 4.78 is 2.36. The highest BCUT2D eigenvalue weighted by molar-refractivity contribution is 7.17. The highest BCUT2D eigenvalue weighted by atomic mass is 35.5. The lowest BCUT2D eigenvalue weighted by molar-refractivity contribution is 0.0954. The van der Waals surface area contributed by atoms with Gasteiger partial charge < -0.3 is 10.2 Å². The first-order valence-corrected chi connectivity index (χ1v) is 10.5. The predicted molar refractivity (Wildman–Crippen MR) is 111 cm³/mol. The van der Waals surface area contributed by atoms with Gasteiger partial charge in [0.2, 0.25) is 0 Å². The molecule has 0 fully saturated rings. The van der Waals surface area contributed by atoms with E-state index in [9.17, 15) is 4.79 Å². The molecular formula is C20H22ClN5OS. The van der Waals surface area contributed by atoms with Crippen LogP contribution in [0.1, 0.15) is 39.3 Å². The molecule has 0 aliphatic carbocycles. The minimum Gasteiger partial charge on any atom is -0.346 e. The molecule has 2 aromatic heterocycles. The van der Waals surface area contributed by atoms with Crippen molar-refractivity contribution in [3.63, 3.8) is 0 Å². The first-order valence-electron chi connectivity index (χ1n) is 9.26. The van der Waals surface area contributed by atoms with Crippen molar-refractivity contribution in [3.8, 4) is 5.69 Å². The molecule has 4 rings (SSSR count). The molecule has 1 aromatic carbocycles. The van der Waals surface area contributed by atoms with E-state index in [0.29, 0.717) is 27.4 Å². The fourth-order valence-corrected chi connectivity index (χ4v) is 4.56. The molecule has 3 heterocycles.